The summed E-state index contributed by atoms with van der Waals surface area (Å²) in [6.45, 7) is 3.32. The normalized spacial score (nSPS) is 14.8. The minimum atomic E-state index is 0.0724. The molecule has 0 atom stereocenters. The van der Waals surface area contributed by atoms with Crippen LogP contribution in [0, 0.1) is 0 Å². The summed E-state index contributed by atoms with van der Waals surface area (Å²) in [5, 5.41) is 12.0. The van der Waals surface area contributed by atoms with Crippen molar-refractivity contribution in [3.8, 4) is 22.8 Å². The lowest BCUT2D eigenvalue weighted by molar-refractivity contribution is 0.0664. The Labute approximate surface area is 186 Å². The van der Waals surface area contributed by atoms with Gasteiger partial charge in [0.1, 0.15) is 5.82 Å². The van der Waals surface area contributed by atoms with E-state index in [2.05, 4.69) is 33.5 Å². The zero-order valence-corrected chi connectivity index (χ0v) is 18.5. The summed E-state index contributed by atoms with van der Waals surface area (Å²) in [6.07, 6.45) is 0. The Morgan fingerprint density at radius 1 is 0.969 bits per heavy atom. The summed E-state index contributed by atoms with van der Waals surface area (Å²) < 4.78 is 10.9. The second-order valence-corrected chi connectivity index (χ2v) is 8.15. The van der Waals surface area contributed by atoms with Gasteiger partial charge < -0.3 is 24.6 Å². The number of methoxy groups -OCH3 is 2. The van der Waals surface area contributed by atoms with Crippen LogP contribution in [0.2, 0.25) is 0 Å². The van der Waals surface area contributed by atoms with Crippen LogP contribution in [0.4, 0.5) is 11.5 Å². The van der Waals surface area contributed by atoms with E-state index < -0.39 is 0 Å². The third-order valence-electron chi connectivity index (χ3n) is 6.15. The third-order valence-corrected chi connectivity index (χ3v) is 6.15. The number of amides is 1. The maximum absolute atomic E-state index is 13.0. The number of benzene rings is 2. The highest BCUT2D eigenvalue weighted by Crippen LogP contribution is 2.42. The minimum Gasteiger partial charge on any atom is -0.493 e. The van der Waals surface area contributed by atoms with Gasteiger partial charge >= 0.3 is 0 Å². The van der Waals surface area contributed by atoms with E-state index in [4.69, 9.17) is 9.47 Å². The molecule has 0 unspecified atom stereocenters. The van der Waals surface area contributed by atoms with Crippen LogP contribution in [0.1, 0.15) is 10.4 Å². The number of hydrogen-bond acceptors (Lipinski definition) is 5. The lowest BCUT2D eigenvalue weighted by Gasteiger charge is -2.32. The topological polar surface area (TPSA) is 85.6 Å². The molecule has 2 aromatic carbocycles. The van der Waals surface area contributed by atoms with Gasteiger partial charge in [-0.3, -0.25) is 15.0 Å². The Hall–Kier alpha value is -3.65. The lowest BCUT2D eigenvalue weighted by Crippen LogP contribution is -2.47. The monoisotopic (exact) mass is 433 g/mol. The number of carbonyl (C=O) groups excluding carboxylic acids is 1. The Bertz CT molecular complexity index is 1240. The number of anilines is 2. The highest BCUT2D eigenvalue weighted by Gasteiger charge is 2.22. The van der Waals surface area contributed by atoms with E-state index >= 15 is 0 Å². The molecule has 1 saturated heterocycles. The van der Waals surface area contributed by atoms with E-state index in [1.165, 1.54) is 0 Å². The zero-order valence-electron chi connectivity index (χ0n) is 18.5. The van der Waals surface area contributed by atoms with Gasteiger partial charge in [0.2, 0.25) is 0 Å². The fourth-order valence-electron chi connectivity index (χ4n) is 4.29. The fraction of sp³-hybridized carbons (Fsp3) is 0.292. The van der Waals surface area contributed by atoms with Crippen molar-refractivity contribution in [2.75, 3.05) is 52.8 Å². The Morgan fingerprint density at radius 3 is 2.47 bits per heavy atom. The molecule has 0 aromatic heterocycles. The first-order chi connectivity index (χ1) is 15.6. The van der Waals surface area contributed by atoms with E-state index in [1.54, 1.807) is 14.2 Å². The molecule has 32 heavy (non-hydrogen) atoms. The maximum atomic E-state index is 13.0. The first-order valence-electron chi connectivity index (χ1n) is 10.7. The predicted octanol–water partition coefficient (Wildman–Crippen LogP) is 3.75. The Balaban J connectivity index is 1.41. The van der Waals surface area contributed by atoms with E-state index in [-0.39, 0.29) is 5.91 Å². The summed E-state index contributed by atoms with van der Waals surface area (Å²) in [6, 6.07) is 13.7. The first kappa shape index (κ1) is 20.3. The van der Waals surface area contributed by atoms with Crippen molar-refractivity contribution in [3.63, 3.8) is 0 Å². The average molecular weight is 434 g/mol. The van der Waals surface area contributed by atoms with Crippen molar-refractivity contribution in [1.29, 1.82) is 0 Å². The third kappa shape index (κ3) is 3.52. The molecule has 1 amide bonds. The van der Waals surface area contributed by atoms with Crippen LogP contribution in [-0.4, -0.2) is 73.4 Å². The van der Waals surface area contributed by atoms with Crippen molar-refractivity contribution in [1.82, 2.24) is 20.0 Å². The molecule has 1 fully saturated rings. The SMILES string of the molecule is COc1cc2cc3c(Nc4cccc(C(=O)N5CCN(C)CC5)c4)[nH][nH]c-3c2cc1OC. The molecule has 5 rings (SSSR count). The van der Waals surface area contributed by atoms with Gasteiger partial charge in [-0.05, 0) is 48.8 Å². The average Bonchev–Trinajstić information content (AvgIpc) is 3.37. The molecule has 8 heteroatoms. The summed E-state index contributed by atoms with van der Waals surface area (Å²) >= 11 is 0. The number of nitrogens with one attached hydrogen (secondary N) is 3. The number of carbonyl (C=O) groups is 1. The van der Waals surface area contributed by atoms with Gasteiger partial charge in [0.15, 0.2) is 11.5 Å². The number of H-pyrrole nitrogens is 2. The lowest BCUT2D eigenvalue weighted by atomic mass is 10.1. The van der Waals surface area contributed by atoms with Gasteiger partial charge in [0, 0.05) is 48.4 Å². The van der Waals surface area contributed by atoms with E-state index in [0.717, 1.165) is 59.7 Å². The van der Waals surface area contributed by atoms with Crippen molar-refractivity contribution < 1.29 is 14.3 Å². The summed E-state index contributed by atoms with van der Waals surface area (Å²) in [7, 11) is 5.35. The summed E-state index contributed by atoms with van der Waals surface area (Å²) in [5.41, 5.74) is 3.54. The minimum absolute atomic E-state index is 0.0724. The summed E-state index contributed by atoms with van der Waals surface area (Å²) in [5.74, 6) is 2.29. The Morgan fingerprint density at radius 2 is 1.72 bits per heavy atom. The Kier molecular flexibility index (Phi) is 5.14. The van der Waals surface area contributed by atoms with Crippen molar-refractivity contribution in [2.45, 2.75) is 0 Å². The van der Waals surface area contributed by atoms with E-state index in [0.29, 0.717) is 17.1 Å². The molecule has 8 nitrogen and oxygen atoms in total. The number of piperazine rings is 1. The van der Waals surface area contributed by atoms with Gasteiger partial charge in [-0.25, -0.2) is 0 Å². The number of likely N-dealkylation sites (N-methyl/N-ethyl adjacent to an activating group) is 1. The molecule has 2 aromatic rings. The molecular formula is C24H27N5O3. The predicted molar refractivity (Wildman–Crippen MR) is 126 cm³/mol. The number of nitrogens with zero attached hydrogens (tertiary/aromatic N) is 2. The van der Waals surface area contributed by atoms with Crippen LogP contribution >= 0.6 is 0 Å². The highest BCUT2D eigenvalue weighted by molar-refractivity contribution is 6.05. The van der Waals surface area contributed by atoms with Crippen LogP contribution in [0.15, 0.2) is 42.5 Å². The molecule has 0 bridgehead atoms. The molecule has 0 saturated carbocycles. The van der Waals surface area contributed by atoms with Crippen molar-refractivity contribution in [3.05, 3.63) is 48.0 Å². The van der Waals surface area contributed by atoms with Crippen LogP contribution in [-0.2, 0) is 0 Å². The van der Waals surface area contributed by atoms with Crippen molar-refractivity contribution >= 4 is 28.2 Å². The van der Waals surface area contributed by atoms with E-state index in [9.17, 15) is 4.79 Å². The quantitative estimate of drug-likeness (QED) is 0.446. The molecule has 0 radical (unpaired) electrons. The van der Waals surface area contributed by atoms with Crippen LogP contribution in [0.5, 0.6) is 11.5 Å². The fourth-order valence-corrected chi connectivity index (χ4v) is 4.29. The number of aromatic nitrogens is 2. The maximum Gasteiger partial charge on any atom is 0.254 e. The number of fused-ring (bicyclic) bond motifs is 3. The number of hydrogen-bond donors (Lipinski definition) is 3. The smallest absolute Gasteiger partial charge is 0.254 e. The van der Waals surface area contributed by atoms with E-state index in [1.807, 2.05) is 41.3 Å². The molecule has 3 aliphatic rings. The molecule has 2 aliphatic heterocycles. The molecule has 2 heterocycles. The standard InChI is InChI=1S/C24H27N5O3/c1-28-7-9-29(10-8-28)24(30)15-5-4-6-17(11-15)25-23-19-12-16-13-20(31-2)21(32-3)14-18(16)22(19)26-27-23/h4-6,11-14,25-27H,7-10H2,1-3H3. The largest absolute Gasteiger partial charge is 0.493 e. The van der Waals surface area contributed by atoms with Crippen LogP contribution in [0.3, 0.4) is 0 Å². The van der Waals surface area contributed by atoms with Crippen LogP contribution in [0.25, 0.3) is 22.0 Å². The molecular weight excluding hydrogens is 406 g/mol. The number of rotatable bonds is 5. The zero-order chi connectivity index (χ0) is 22.2. The molecule has 3 N–H and O–H groups in total. The highest BCUT2D eigenvalue weighted by atomic mass is 16.5. The van der Waals surface area contributed by atoms with Crippen molar-refractivity contribution in [2.24, 2.45) is 0 Å². The summed E-state index contributed by atoms with van der Waals surface area (Å²) in [4.78, 5) is 17.1. The molecule has 1 aliphatic carbocycles. The van der Waals surface area contributed by atoms with Gasteiger partial charge in [0.05, 0.1) is 19.9 Å². The second kappa shape index (κ2) is 8.12. The van der Waals surface area contributed by atoms with Gasteiger partial charge in [-0.15, -0.1) is 0 Å². The molecule has 166 valence electrons. The molecule has 0 spiro atoms. The first-order valence-corrected chi connectivity index (χ1v) is 10.7. The van der Waals surface area contributed by atoms with Gasteiger partial charge in [-0.2, -0.15) is 0 Å². The van der Waals surface area contributed by atoms with Gasteiger partial charge in [0.25, 0.3) is 5.91 Å². The van der Waals surface area contributed by atoms with Gasteiger partial charge in [-0.1, -0.05) is 6.07 Å². The number of aromatic amines is 2. The van der Waals surface area contributed by atoms with Crippen LogP contribution < -0.4 is 14.8 Å². The second-order valence-electron chi connectivity index (χ2n) is 8.15. The number of ether oxygens (including phenoxy) is 2.